The van der Waals surface area contributed by atoms with Gasteiger partial charge in [0.2, 0.25) is 0 Å². The molecule has 1 heterocycles. The molecule has 0 saturated carbocycles. The number of ketones is 1. The predicted molar refractivity (Wildman–Crippen MR) is 101 cm³/mol. The molecule has 1 N–H and O–H groups in total. The molecule has 25 heavy (non-hydrogen) atoms. The smallest absolute Gasteiger partial charge is 0.165 e. The molecule has 1 saturated heterocycles. The van der Waals surface area contributed by atoms with Crippen LogP contribution in [0.3, 0.4) is 0 Å². The van der Waals surface area contributed by atoms with E-state index >= 15 is 0 Å². The largest absolute Gasteiger partial charge is 0.391 e. The third-order valence-electron chi connectivity index (χ3n) is 4.72. The van der Waals surface area contributed by atoms with Crippen LogP contribution in [0.2, 0.25) is 0 Å². The number of rotatable bonds is 6. The Morgan fingerprint density at radius 1 is 1.04 bits per heavy atom. The van der Waals surface area contributed by atoms with E-state index in [0.29, 0.717) is 12.1 Å². The number of carbonyl (C=O) groups is 1. The number of nitrogens with zero attached hydrogens (tertiary/aromatic N) is 2. The minimum atomic E-state index is -0.615. The third kappa shape index (κ3) is 4.91. The summed E-state index contributed by atoms with van der Waals surface area (Å²) in [6, 6.07) is 18.0. The van der Waals surface area contributed by atoms with Crippen LogP contribution < -0.4 is 4.90 Å². The van der Waals surface area contributed by atoms with Crippen molar-refractivity contribution in [2.75, 3.05) is 37.6 Å². The number of para-hydroxylation sites is 1. The third-order valence-corrected chi connectivity index (χ3v) is 4.72. The first-order valence-electron chi connectivity index (χ1n) is 8.92. The minimum absolute atomic E-state index is 0.0131. The minimum Gasteiger partial charge on any atom is -0.391 e. The summed E-state index contributed by atoms with van der Waals surface area (Å²) in [7, 11) is 0. The van der Waals surface area contributed by atoms with Crippen LogP contribution in [-0.4, -0.2) is 54.6 Å². The highest BCUT2D eigenvalue weighted by atomic mass is 16.3. The van der Waals surface area contributed by atoms with Gasteiger partial charge in [-0.15, -0.1) is 0 Å². The van der Waals surface area contributed by atoms with Gasteiger partial charge < -0.3 is 10.0 Å². The number of aliphatic hydroxyl groups is 1. The lowest BCUT2D eigenvalue weighted by atomic mass is 10.0. The summed E-state index contributed by atoms with van der Waals surface area (Å²) in [6.07, 6.45) is -0.432. The van der Waals surface area contributed by atoms with Gasteiger partial charge >= 0.3 is 0 Å². The van der Waals surface area contributed by atoms with Crippen molar-refractivity contribution < 1.29 is 9.90 Å². The van der Waals surface area contributed by atoms with Crippen molar-refractivity contribution >= 4 is 11.5 Å². The molecule has 132 valence electrons. The Hall–Kier alpha value is -2.17. The molecule has 0 aromatic heterocycles. The summed E-state index contributed by atoms with van der Waals surface area (Å²) in [5, 5.41) is 10.3. The molecule has 1 aliphatic rings. The number of hydrogen-bond donors (Lipinski definition) is 1. The Morgan fingerprint density at radius 3 is 2.44 bits per heavy atom. The van der Waals surface area contributed by atoms with Crippen molar-refractivity contribution in [3.05, 3.63) is 65.7 Å². The van der Waals surface area contributed by atoms with Gasteiger partial charge in [0.05, 0.1) is 6.10 Å². The molecule has 0 aliphatic carbocycles. The average molecular weight is 338 g/mol. The van der Waals surface area contributed by atoms with Crippen molar-refractivity contribution in [3.8, 4) is 0 Å². The van der Waals surface area contributed by atoms with Crippen molar-refractivity contribution in [3.63, 3.8) is 0 Å². The van der Waals surface area contributed by atoms with E-state index in [0.717, 1.165) is 31.7 Å². The van der Waals surface area contributed by atoms with E-state index in [1.165, 1.54) is 5.69 Å². The average Bonchev–Trinajstić information content (AvgIpc) is 2.63. The number of carbonyl (C=O) groups excluding carboxylic acids is 1. The molecular formula is C21H26N2O2. The van der Waals surface area contributed by atoms with Crippen molar-refractivity contribution in [2.45, 2.75) is 19.4 Å². The van der Waals surface area contributed by atoms with E-state index < -0.39 is 6.10 Å². The van der Waals surface area contributed by atoms with Crippen molar-refractivity contribution in [2.24, 2.45) is 0 Å². The Bertz CT molecular complexity index is 694. The highest BCUT2D eigenvalue weighted by Crippen LogP contribution is 2.16. The lowest BCUT2D eigenvalue weighted by molar-refractivity contribution is 0.0769. The number of benzene rings is 2. The van der Waals surface area contributed by atoms with Crippen LogP contribution in [0.4, 0.5) is 5.69 Å². The zero-order chi connectivity index (χ0) is 17.6. The first-order valence-corrected chi connectivity index (χ1v) is 8.92. The molecule has 1 atom stereocenters. The number of aliphatic hydroxyl groups excluding tert-OH is 1. The Balaban J connectivity index is 1.46. The fourth-order valence-corrected chi connectivity index (χ4v) is 3.34. The number of hydrogen-bond acceptors (Lipinski definition) is 4. The van der Waals surface area contributed by atoms with E-state index in [4.69, 9.17) is 0 Å². The topological polar surface area (TPSA) is 43.8 Å². The second-order valence-electron chi connectivity index (χ2n) is 6.77. The van der Waals surface area contributed by atoms with Gasteiger partial charge in [-0.2, -0.15) is 0 Å². The van der Waals surface area contributed by atoms with Crippen LogP contribution in [0.15, 0.2) is 54.6 Å². The molecule has 3 rings (SSSR count). The van der Waals surface area contributed by atoms with E-state index in [1.807, 2.05) is 37.3 Å². The first-order chi connectivity index (χ1) is 12.1. The van der Waals surface area contributed by atoms with Crippen LogP contribution in [0.5, 0.6) is 0 Å². The lowest BCUT2D eigenvalue weighted by Gasteiger charge is -2.36. The molecule has 2 aromatic carbocycles. The molecule has 0 radical (unpaired) electrons. The van der Waals surface area contributed by atoms with Crippen LogP contribution >= 0.6 is 0 Å². The van der Waals surface area contributed by atoms with Gasteiger partial charge in [-0.25, -0.2) is 0 Å². The summed E-state index contributed by atoms with van der Waals surface area (Å²) in [5.74, 6) is 0.0131. The summed E-state index contributed by atoms with van der Waals surface area (Å²) in [5.41, 5.74) is 3.00. The highest BCUT2D eigenvalue weighted by Gasteiger charge is 2.21. The second-order valence-corrected chi connectivity index (χ2v) is 6.77. The van der Waals surface area contributed by atoms with Gasteiger partial charge in [0.15, 0.2) is 5.78 Å². The van der Waals surface area contributed by atoms with E-state index in [-0.39, 0.29) is 12.2 Å². The summed E-state index contributed by atoms with van der Waals surface area (Å²) in [4.78, 5) is 16.9. The van der Waals surface area contributed by atoms with Gasteiger partial charge in [0.1, 0.15) is 0 Å². The number of aryl methyl sites for hydroxylation is 1. The van der Waals surface area contributed by atoms with Crippen LogP contribution in [0.1, 0.15) is 22.3 Å². The molecule has 1 fully saturated rings. The molecule has 4 nitrogen and oxygen atoms in total. The maximum absolute atomic E-state index is 12.3. The molecular weight excluding hydrogens is 312 g/mol. The zero-order valence-corrected chi connectivity index (χ0v) is 14.8. The Kier molecular flexibility index (Phi) is 5.84. The van der Waals surface area contributed by atoms with Gasteiger partial charge in [-0.3, -0.25) is 9.69 Å². The van der Waals surface area contributed by atoms with Gasteiger partial charge in [-0.1, -0.05) is 42.0 Å². The van der Waals surface area contributed by atoms with Gasteiger partial charge in [0, 0.05) is 50.4 Å². The number of β-amino-alcohol motifs (C(OH)–C–C–N with tert-alkyl or cyclic N) is 1. The number of piperazine rings is 1. The molecule has 1 aliphatic heterocycles. The summed E-state index contributed by atoms with van der Waals surface area (Å²) in [6.45, 7) is 6.24. The fraction of sp³-hybridized carbons (Fsp3) is 0.381. The van der Waals surface area contributed by atoms with Crippen LogP contribution in [0.25, 0.3) is 0 Å². The second kappa shape index (κ2) is 8.28. The lowest BCUT2D eigenvalue weighted by Crippen LogP contribution is -2.48. The fourth-order valence-electron chi connectivity index (χ4n) is 3.34. The van der Waals surface area contributed by atoms with E-state index in [1.54, 1.807) is 0 Å². The molecule has 1 unspecified atom stereocenters. The highest BCUT2D eigenvalue weighted by molar-refractivity contribution is 5.96. The van der Waals surface area contributed by atoms with Crippen LogP contribution in [0, 0.1) is 6.92 Å². The normalized spacial score (nSPS) is 16.6. The summed E-state index contributed by atoms with van der Waals surface area (Å²) >= 11 is 0. The van der Waals surface area contributed by atoms with E-state index in [9.17, 15) is 9.90 Å². The Labute approximate surface area is 149 Å². The standard InChI is InChI=1S/C21H26N2O2/c1-17-6-5-7-18(14-17)21(25)15-20(24)16-22-10-12-23(13-11-22)19-8-3-2-4-9-19/h2-9,14,20,24H,10-13,15-16H2,1H3. The van der Waals surface area contributed by atoms with Gasteiger partial charge in [0.25, 0.3) is 0 Å². The maximum atomic E-state index is 12.3. The predicted octanol–water partition coefficient (Wildman–Crippen LogP) is 2.75. The molecule has 2 aromatic rings. The first kappa shape index (κ1) is 17.6. The van der Waals surface area contributed by atoms with E-state index in [2.05, 4.69) is 34.1 Å². The molecule has 0 bridgehead atoms. The van der Waals surface area contributed by atoms with Crippen LogP contribution in [-0.2, 0) is 0 Å². The number of Topliss-reactive ketones (excluding diaryl/α,β-unsaturated/α-hetero) is 1. The quantitative estimate of drug-likeness (QED) is 0.823. The molecule has 4 heteroatoms. The SMILES string of the molecule is Cc1cccc(C(=O)CC(O)CN2CCN(c3ccccc3)CC2)c1. The maximum Gasteiger partial charge on any atom is 0.165 e. The van der Waals surface area contributed by atoms with Crippen molar-refractivity contribution in [1.82, 2.24) is 4.90 Å². The number of anilines is 1. The molecule has 0 spiro atoms. The zero-order valence-electron chi connectivity index (χ0n) is 14.8. The van der Waals surface area contributed by atoms with Crippen molar-refractivity contribution in [1.29, 1.82) is 0 Å². The molecule has 0 amide bonds. The van der Waals surface area contributed by atoms with Gasteiger partial charge in [-0.05, 0) is 25.1 Å². The summed E-state index contributed by atoms with van der Waals surface area (Å²) < 4.78 is 0. The monoisotopic (exact) mass is 338 g/mol. The Morgan fingerprint density at radius 2 is 1.76 bits per heavy atom.